The van der Waals surface area contributed by atoms with Crippen LogP contribution in [-0.4, -0.2) is 27.6 Å². The van der Waals surface area contributed by atoms with E-state index in [0.717, 1.165) is 24.0 Å². The Morgan fingerprint density at radius 2 is 2.00 bits per heavy atom. The maximum atomic E-state index is 12.8. The summed E-state index contributed by atoms with van der Waals surface area (Å²) in [7, 11) is 0. The molecule has 2 heterocycles. The lowest BCUT2D eigenvalue weighted by Crippen LogP contribution is -2.34. The van der Waals surface area contributed by atoms with Gasteiger partial charge < -0.3 is 14.7 Å². The first kappa shape index (κ1) is 18.8. The first-order valence-electron chi connectivity index (χ1n) is 8.95. The van der Waals surface area contributed by atoms with Gasteiger partial charge in [-0.3, -0.25) is 0 Å². The van der Waals surface area contributed by atoms with Crippen LogP contribution in [0.25, 0.3) is 11.4 Å². The van der Waals surface area contributed by atoms with E-state index in [1.165, 1.54) is 0 Å². The number of benzene rings is 2. The monoisotopic (exact) mass is 416 g/mol. The molecule has 0 aliphatic carbocycles. The number of aryl methyl sites for hydroxylation is 1. The van der Waals surface area contributed by atoms with Crippen molar-refractivity contribution in [3.63, 3.8) is 0 Å². The van der Waals surface area contributed by atoms with Crippen LogP contribution < -0.4 is 5.32 Å². The summed E-state index contributed by atoms with van der Waals surface area (Å²) in [6, 6.07) is 12.4. The van der Waals surface area contributed by atoms with Gasteiger partial charge >= 0.3 is 6.03 Å². The minimum atomic E-state index is -0.276. The number of nitrogens with zero attached hydrogens (tertiary/aromatic N) is 3. The number of aromatic nitrogens is 2. The van der Waals surface area contributed by atoms with Crippen molar-refractivity contribution in [1.29, 1.82) is 0 Å². The highest BCUT2D eigenvalue weighted by molar-refractivity contribution is 6.43. The zero-order chi connectivity index (χ0) is 19.7. The predicted molar refractivity (Wildman–Crippen MR) is 109 cm³/mol. The molecule has 1 aromatic heterocycles. The van der Waals surface area contributed by atoms with E-state index in [1.807, 2.05) is 31.2 Å². The summed E-state index contributed by atoms with van der Waals surface area (Å²) in [5.41, 5.74) is 2.50. The molecule has 4 rings (SSSR count). The number of rotatable bonds is 3. The van der Waals surface area contributed by atoms with E-state index in [9.17, 15) is 4.79 Å². The number of carbonyl (C=O) groups excluding carboxylic acids is 1. The molecule has 1 atom stereocenters. The van der Waals surface area contributed by atoms with Crippen molar-refractivity contribution >= 4 is 34.9 Å². The molecule has 0 bridgehead atoms. The van der Waals surface area contributed by atoms with Crippen LogP contribution in [0, 0.1) is 6.92 Å². The highest BCUT2D eigenvalue weighted by atomic mass is 35.5. The SMILES string of the molecule is Cc1ccc(-c2noc(C3CCCN3C(=O)Nc3cccc(Cl)c3Cl)n2)cc1. The van der Waals surface area contributed by atoms with Gasteiger partial charge in [-0.2, -0.15) is 4.98 Å². The zero-order valence-electron chi connectivity index (χ0n) is 15.2. The van der Waals surface area contributed by atoms with Crippen molar-refractivity contribution in [2.45, 2.75) is 25.8 Å². The summed E-state index contributed by atoms with van der Waals surface area (Å²) in [4.78, 5) is 19.0. The van der Waals surface area contributed by atoms with Gasteiger partial charge in [0.2, 0.25) is 11.7 Å². The Morgan fingerprint density at radius 3 is 2.79 bits per heavy atom. The van der Waals surface area contributed by atoms with Gasteiger partial charge in [0.15, 0.2) is 0 Å². The fraction of sp³-hybridized carbons (Fsp3) is 0.250. The smallest absolute Gasteiger partial charge is 0.322 e. The van der Waals surface area contributed by atoms with Gasteiger partial charge in [0.05, 0.1) is 15.7 Å². The second-order valence-corrected chi connectivity index (χ2v) is 7.49. The number of halogens is 2. The topological polar surface area (TPSA) is 71.3 Å². The van der Waals surface area contributed by atoms with Gasteiger partial charge in [-0.15, -0.1) is 0 Å². The number of nitrogens with one attached hydrogen (secondary N) is 1. The molecule has 28 heavy (non-hydrogen) atoms. The summed E-state index contributed by atoms with van der Waals surface area (Å²) >= 11 is 12.2. The van der Waals surface area contributed by atoms with Gasteiger partial charge in [-0.25, -0.2) is 4.79 Å². The van der Waals surface area contributed by atoms with E-state index in [0.29, 0.717) is 34.0 Å². The van der Waals surface area contributed by atoms with E-state index in [-0.39, 0.29) is 12.1 Å². The van der Waals surface area contributed by atoms with E-state index in [1.54, 1.807) is 23.1 Å². The summed E-state index contributed by atoms with van der Waals surface area (Å²) in [5, 5.41) is 7.60. The van der Waals surface area contributed by atoms with Crippen molar-refractivity contribution in [1.82, 2.24) is 15.0 Å². The highest BCUT2D eigenvalue weighted by Crippen LogP contribution is 2.34. The molecule has 0 saturated carbocycles. The third kappa shape index (κ3) is 3.70. The minimum Gasteiger partial charge on any atom is -0.337 e. The zero-order valence-corrected chi connectivity index (χ0v) is 16.7. The van der Waals surface area contributed by atoms with Crippen LogP contribution in [0.1, 0.15) is 30.3 Å². The number of carbonyl (C=O) groups is 1. The fourth-order valence-corrected chi connectivity index (χ4v) is 3.59. The third-order valence-corrected chi connectivity index (χ3v) is 5.56. The molecule has 6 nitrogen and oxygen atoms in total. The molecule has 0 spiro atoms. The number of anilines is 1. The Morgan fingerprint density at radius 1 is 1.21 bits per heavy atom. The molecule has 2 amide bonds. The van der Waals surface area contributed by atoms with Gasteiger partial charge in [-0.1, -0.05) is 64.3 Å². The molecular weight excluding hydrogens is 399 g/mol. The second kappa shape index (κ2) is 7.81. The molecule has 1 N–H and O–H groups in total. The lowest BCUT2D eigenvalue weighted by Gasteiger charge is -2.22. The Kier molecular flexibility index (Phi) is 5.24. The number of amides is 2. The van der Waals surface area contributed by atoms with Crippen molar-refractivity contribution in [2.24, 2.45) is 0 Å². The average Bonchev–Trinajstić information content (AvgIpc) is 3.35. The molecule has 1 saturated heterocycles. The lowest BCUT2D eigenvalue weighted by molar-refractivity contribution is 0.193. The average molecular weight is 417 g/mol. The van der Waals surface area contributed by atoms with Crippen LogP contribution in [0.4, 0.5) is 10.5 Å². The number of urea groups is 1. The number of likely N-dealkylation sites (tertiary alicyclic amines) is 1. The van der Waals surface area contributed by atoms with Crippen molar-refractivity contribution in [3.8, 4) is 11.4 Å². The first-order chi connectivity index (χ1) is 13.5. The Bertz CT molecular complexity index is 1000. The van der Waals surface area contributed by atoms with Crippen LogP contribution in [0.2, 0.25) is 10.0 Å². The first-order valence-corrected chi connectivity index (χ1v) is 9.71. The Balaban J connectivity index is 1.53. The molecular formula is C20H18Cl2N4O2. The van der Waals surface area contributed by atoms with Crippen LogP contribution in [-0.2, 0) is 0 Å². The van der Waals surface area contributed by atoms with Crippen molar-refractivity contribution in [2.75, 3.05) is 11.9 Å². The van der Waals surface area contributed by atoms with E-state index in [4.69, 9.17) is 27.7 Å². The Hall–Kier alpha value is -2.57. The van der Waals surface area contributed by atoms with Crippen LogP contribution in [0.15, 0.2) is 47.0 Å². The maximum absolute atomic E-state index is 12.8. The van der Waals surface area contributed by atoms with Gasteiger partial charge in [0, 0.05) is 12.1 Å². The van der Waals surface area contributed by atoms with E-state index >= 15 is 0 Å². The normalized spacial score (nSPS) is 16.4. The van der Waals surface area contributed by atoms with Crippen molar-refractivity contribution in [3.05, 3.63) is 64.0 Å². The standard InChI is InChI=1S/C20H18Cl2N4O2/c1-12-7-9-13(10-8-12)18-24-19(28-25-18)16-6-3-11-26(16)20(27)23-15-5-2-4-14(21)17(15)22/h2,4-5,7-10,16H,3,6,11H2,1H3,(H,23,27). The van der Waals surface area contributed by atoms with E-state index in [2.05, 4.69) is 15.5 Å². The maximum Gasteiger partial charge on any atom is 0.322 e. The summed E-state index contributed by atoms with van der Waals surface area (Å²) in [5.74, 6) is 0.945. The molecule has 1 unspecified atom stereocenters. The predicted octanol–water partition coefficient (Wildman–Crippen LogP) is 5.72. The molecule has 8 heteroatoms. The number of hydrogen-bond donors (Lipinski definition) is 1. The molecule has 1 fully saturated rings. The minimum absolute atomic E-state index is 0.273. The van der Waals surface area contributed by atoms with Crippen LogP contribution >= 0.6 is 23.2 Å². The summed E-state index contributed by atoms with van der Waals surface area (Å²) < 4.78 is 5.48. The summed E-state index contributed by atoms with van der Waals surface area (Å²) in [6.07, 6.45) is 1.61. The second-order valence-electron chi connectivity index (χ2n) is 6.71. The van der Waals surface area contributed by atoms with E-state index < -0.39 is 0 Å². The van der Waals surface area contributed by atoms with Crippen LogP contribution in [0.5, 0.6) is 0 Å². The van der Waals surface area contributed by atoms with Gasteiger partial charge in [0.25, 0.3) is 0 Å². The van der Waals surface area contributed by atoms with Gasteiger partial charge in [0.1, 0.15) is 6.04 Å². The quantitative estimate of drug-likeness (QED) is 0.592. The molecule has 2 aromatic carbocycles. The molecule has 0 radical (unpaired) electrons. The third-order valence-electron chi connectivity index (χ3n) is 4.74. The summed E-state index contributed by atoms with van der Waals surface area (Å²) in [6.45, 7) is 2.61. The lowest BCUT2D eigenvalue weighted by atomic mass is 10.1. The highest BCUT2D eigenvalue weighted by Gasteiger charge is 2.34. The molecule has 1 aliphatic heterocycles. The molecule has 144 valence electrons. The van der Waals surface area contributed by atoms with Gasteiger partial charge in [-0.05, 0) is 31.9 Å². The fourth-order valence-electron chi connectivity index (χ4n) is 3.24. The van der Waals surface area contributed by atoms with Crippen LogP contribution in [0.3, 0.4) is 0 Å². The number of hydrogen-bond acceptors (Lipinski definition) is 4. The Labute approximate surface area is 172 Å². The molecule has 1 aliphatic rings. The molecule has 3 aromatic rings. The van der Waals surface area contributed by atoms with Crippen molar-refractivity contribution < 1.29 is 9.32 Å². The largest absolute Gasteiger partial charge is 0.337 e.